The molecule has 0 aromatic heterocycles. The molecule has 1 amide bonds. The molecule has 0 bridgehead atoms. The van der Waals surface area contributed by atoms with E-state index in [9.17, 15) is 4.79 Å². The highest BCUT2D eigenvalue weighted by molar-refractivity contribution is 5.99. The number of benzene rings is 2. The Morgan fingerprint density at radius 3 is 2.72 bits per heavy atom. The van der Waals surface area contributed by atoms with Gasteiger partial charge in [0.2, 0.25) is 0 Å². The summed E-state index contributed by atoms with van der Waals surface area (Å²) in [5.74, 6) is 0.916. The van der Waals surface area contributed by atoms with E-state index in [-0.39, 0.29) is 12.0 Å². The third kappa shape index (κ3) is 3.25. The van der Waals surface area contributed by atoms with Crippen molar-refractivity contribution in [3.05, 3.63) is 53.6 Å². The number of nitrogens with zero attached hydrogens (tertiary/aromatic N) is 1. The van der Waals surface area contributed by atoms with Crippen molar-refractivity contribution in [2.75, 3.05) is 32.0 Å². The second kappa shape index (κ2) is 6.64. The maximum atomic E-state index is 12.8. The Morgan fingerprint density at radius 1 is 1.16 bits per heavy atom. The molecule has 0 spiro atoms. The van der Waals surface area contributed by atoms with Gasteiger partial charge in [-0.25, -0.2) is 0 Å². The molecule has 6 heteroatoms. The van der Waals surface area contributed by atoms with E-state index in [0.29, 0.717) is 55.7 Å². The fourth-order valence-corrected chi connectivity index (χ4v) is 3.00. The van der Waals surface area contributed by atoms with E-state index in [1.54, 1.807) is 17.0 Å². The molecule has 4 rings (SSSR count). The lowest BCUT2D eigenvalue weighted by Gasteiger charge is -2.39. The van der Waals surface area contributed by atoms with Crippen molar-refractivity contribution in [1.82, 2.24) is 4.90 Å². The average molecular weight is 340 g/mol. The molecular weight excluding hydrogens is 320 g/mol. The predicted molar refractivity (Wildman–Crippen MR) is 92.8 cm³/mol. The molecule has 1 saturated heterocycles. The molecule has 6 nitrogen and oxygen atoms in total. The largest absolute Gasteiger partial charge is 0.486 e. The van der Waals surface area contributed by atoms with Crippen molar-refractivity contribution < 1.29 is 19.0 Å². The summed E-state index contributed by atoms with van der Waals surface area (Å²) in [5, 5.41) is 0. The lowest BCUT2D eigenvalue weighted by molar-refractivity contribution is -0.0504. The van der Waals surface area contributed by atoms with Crippen LogP contribution in [0.25, 0.3) is 0 Å². The summed E-state index contributed by atoms with van der Waals surface area (Å²) >= 11 is 0. The summed E-state index contributed by atoms with van der Waals surface area (Å²) in [7, 11) is 0. The summed E-state index contributed by atoms with van der Waals surface area (Å²) in [4.78, 5) is 14.5. The number of rotatable bonds is 4. The van der Waals surface area contributed by atoms with E-state index >= 15 is 0 Å². The summed E-state index contributed by atoms with van der Waals surface area (Å²) in [6.07, 6.45) is 0.0539. The number of ether oxygens (including phenoxy) is 3. The number of fused-ring (bicyclic) bond motifs is 1. The third-order valence-electron chi connectivity index (χ3n) is 4.36. The van der Waals surface area contributed by atoms with Gasteiger partial charge < -0.3 is 24.8 Å². The molecule has 0 atom stereocenters. The van der Waals surface area contributed by atoms with Gasteiger partial charge >= 0.3 is 0 Å². The zero-order chi connectivity index (χ0) is 17.2. The van der Waals surface area contributed by atoms with E-state index in [1.807, 2.05) is 30.3 Å². The molecule has 0 aliphatic carbocycles. The van der Waals surface area contributed by atoms with Gasteiger partial charge in [-0.15, -0.1) is 0 Å². The maximum absolute atomic E-state index is 12.8. The number of nitrogens with two attached hydrogens (primary N) is 1. The van der Waals surface area contributed by atoms with Crippen LogP contribution in [-0.4, -0.2) is 43.2 Å². The molecule has 25 heavy (non-hydrogen) atoms. The van der Waals surface area contributed by atoms with Crippen LogP contribution >= 0.6 is 0 Å². The van der Waals surface area contributed by atoms with Crippen LogP contribution in [0.1, 0.15) is 15.9 Å². The minimum absolute atomic E-state index is 0.0539. The van der Waals surface area contributed by atoms with Gasteiger partial charge in [0.05, 0.1) is 18.3 Å². The van der Waals surface area contributed by atoms with Gasteiger partial charge in [0, 0.05) is 24.8 Å². The number of anilines is 1. The van der Waals surface area contributed by atoms with Crippen LogP contribution in [-0.2, 0) is 11.3 Å². The van der Waals surface area contributed by atoms with E-state index < -0.39 is 0 Å². The minimum Gasteiger partial charge on any atom is -0.486 e. The number of hydrogen-bond donors (Lipinski definition) is 1. The quantitative estimate of drug-likeness (QED) is 0.863. The van der Waals surface area contributed by atoms with Crippen LogP contribution in [0.4, 0.5) is 5.69 Å². The lowest BCUT2D eigenvalue weighted by atomic mass is 10.1. The topological polar surface area (TPSA) is 74.0 Å². The van der Waals surface area contributed by atoms with E-state index in [0.717, 1.165) is 5.56 Å². The molecule has 0 saturated carbocycles. The van der Waals surface area contributed by atoms with Gasteiger partial charge in [-0.2, -0.15) is 0 Å². The molecule has 2 aliphatic rings. The summed E-state index contributed by atoms with van der Waals surface area (Å²) < 4.78 is 17.0. The maximum Gasteiger partial charge on any atom is 0.258 e. The standard InChI is InChI=1S/C19H20N2O4/c20-14-8-16(18-17(9-14)23-6-7-24-18)19(22)21-10-15(11-21)25-12-13-4-2-1-3-5-13/h1-5,8-9,15H,6-7,10-12,20H2. The summed E-state index contributed by atoms with van der Waals surface area (Å²) in [5.41, 5.74) is 7.96. The van der Waals surface area contributed by atoms with Crippen LogP contribution < -0.4 is 15.2 Å². The smallest absolute Gasteiger partial charge is 0.258 e. The predicted octanol–water partition coefficient (Wildman–Crippen LogP) is 2.08. The molecule has 0 radical (unpaired) electrons. The van der Waals surface area contributed by atoms with Gasteiger partial charge in [-0.3, -0.25) is 4.79 Å². The minimum atomic E-state index is -0.103. The Labute approximate surface area is 146 Å². The first kappa shape index (κ1) is 15.8. The van der Waals surface area contributed by atoms with Crippen molar-refractivity contribution >= 4 is 11.6 Å². The van der Waals surface area contributed by atoms with Crippen LogP contribution in [0.5, 0.6) is 11.5 Å². The molecule has 2 aliphatic heterocycles. The average Bonchev–Trinajstić information content (AvgIpc) is 2.60. The molecule has 0 unspecified atom stereocenters. The Kier molecular flexibility index (Phi) is 4.19. The Hall–Kier alpha value is -2.73. The van der Waals surface area contributed by atoms with E-state index in [2.05, 4.69) is 0 Å². The normalized spacial score (nSPS) is 16.4. The van der Waals surface area contributed by atoms with Crippen LogP contribution in [0.15, 0.2) is 42.5 Å². The first-order valence-electron chi connectivity index (χ1n) is 8.34. The van der Waals surface area contributed by atoms with Gasteiger partial charge in [0.15, 0.2) is 11.5 Å². The lowest BCUT2D eigenvalue weighted by Crippen LogP contribution is -2.54. The second-order valence-corrected chi connectivity index (χ2v) is 6.22. The second-order valence-electron chi connectivity index (χ2n) is 6.22. The third-order valence-corrected chi connectivity index (χ3v) is 4.36. The van der Waals surface area contributed by atoms with Crippen LogP contribution in [0.3, 0.4) is 0 Å². The van der Waals surface area contributed by atoms with Crippen LogP contribution in [0.2, 0.25) is 0 Å². The molecule has 1 fully saturated rings. The number of carbonyl (C=O) groups excluding carboxylic acids is 1. The van der Waals surface area contributed by atoms with Crippen molar-refractivity contribution in [3.8, 4) is 11.5 Å². The van der Waals surface area contributed by atoms with Gasteiger partial charge in [0.1, 0.15) is 13.2 Å². The van der Waals surface area contributed by atoms with Crippen molar-refractivity contribution in [2.24, 2.45) is 0 Å². The highest BCUT2D eigenvalue weighted by atomic mass is 16.6. The molecule has 2 aromatic carbocycles. The van der Waals surface area contributed by atoms with Crippen molar-refractivity contribution in [1.29, 1.82) is 0 Å². The molecule has 2 N–H and O–H groups in total. The van der Waals surface area contributed by atoms with Crippen molar-refractivity contribution in [3.63, 3.8) is 0 Å². The first-order chi connectivity index (χ1) is 12.2. The fourth-order valence-electron chi connectivity index (χ4n) is 3.00. The molecular formula is C19H20N2O4. The Morgan fingerprint density at radius 2 is 1.92 bits per heavy atom. The van der Waals surface area contributed by atoms with Crippen molar-refractivity contribution in [2.45, 2.75) is 12.7 Å². The number of likely N-dealkylation sites (tertiary alicyclic amines) is 1. The Bertz CT molecular complexity index is 772. The number of nitrogen functional groups attached to an aromatic ring is 1. The zero-order valence-corrected chi connectivity index (χ0v) is 13.8. The number of hydrogen-bond acceptors (Lipinski definition) is 5. The fraction of sp³-hybridized carbons (Fsp3) is 0.316. The SMILES string of the molecule is Nc1cc2c(c(C(=O)N3CC(OCc4ccccc4)C3)c1)OCCO2. The molecule has 2 heterocycles. The van der Waals surface area contributed by atoms with Gasteiger partial charge in [0.25, 0.3) is 5.91 Å². The highest BCUT2D eigenvalue weighted by Crippen LogP contribution is 2.37. The van der Waals surface area contributed by atoms with E-state index in [4.69, 9.17) is 19.9 Å². The zero-order valence-electron chi connectivity index (χ0n) is 13.8. The molecule has 2 aromatic rings. The monoisotopic (exact) mass is 340 g/mol. The number of carbonyl (C=O) groups is 1. The van der Waals surface area contributed by atoms with Crippen LogP contribution in [0, 0.1) is 0 Å². The number of amides is 1. The highest BCUT2D eigenvalue weighted by Gasteiger charge is 2.34. The summed E-state index contributed by atoms with van der Waals surface area (Å²) in [6.45, 7) is 2.58. The summed E-state index contributed by atoms with van der Waals surface area (Å²) in [6, 6.07) is 13.3. The molecule has 130 valence electrons. The first-order valence-corrected chi connectivity index (χ1v) is 8.34. The van der Waals surface area contributed by atoms with Gasteiger partial charge in [-0.1, -0.05) is 30.3 Å². The Balaban J connectivity index is 1.38. The van der Waals surface area contributed by atoms with Gasteiger partial charge in [-0.05, 0) is 11.6 Å². The van der Waals surface area contributed by atoms with E-state index in [1.165, 1.54) is 0 Å².